The highest BCUT2D eigenvalue weighted by molar-refractivity contribution is 5.93. The molecule has 0 aromatic carbocycles. The molecule has 1 aliphatic heterocycles. The lowest BCUT2D eigenvalue weighted by Gasteiger charge is -2.42. The fourth-order valence-electron chi connectivity index (χ4n) is 2.81. The summed E-state index contributed by atoms with van der Waals surface area (Å²) in [5.74, 6) is 0.631. The van der Waals surface area contributed by atoms with Crippen molar-refractivity contribution in [2.45, 2.75) is 45.3 Å². The first-order valence-electron chi connectivity index (χ1n) is 7.37. The Morgan fingerprint density at radius 3 is 2.86 bits per heavy atom. The second kappa shape index (κ2) is 6.20. The van der Waals surface area contributed by atoms with E-state index in [4.69, 9.17) is 13.9 Å². The molecule has 1 aliphatic rings. The molecule has 0 spiro atoms. The Kier molecular flexibility index (Phi) is 4.74. The van der Waals surface area contributed by atoms with E-state index in [1.807, 2.05) is 19.9 Å². The molecule has 2 heterocycles. The van der Waals surface area contributed by atoms with Gasteiger partial charge < -0.3 is 18.8 Å². The molecular formula is C16H25NO4. The van der Waals surface area contributed by atoms with Crippen molar-refractivity contribution in [3.05, 3.63) is 23.7 Å². The number of rotatable bonds is 4. The van der Waals surface area contributed by atoms with Gasteiger partial charge in [-0.1, -0.05) is 13.8 Å². The number of ether oxygens (including phenoxy) is 2. The van der Waals surface area contributed by atoms with Crippen LogP contribution in [0.25, 0.3) is 0 Å². The molecule has 1 fully saturated rings. The highest BCUT2D eigenvalue weighted by Gasteiger charge is 2.37. The molecule has 0 unspecified atom stereocenters. The summed E-state index contributed by atoms with van der Waals surface area (Å²) in [6, 6.07) is 1.87. The molecule has 1 atom stereocenters. The van der Waals surface area contributed by atoms with Crippen LogP contribution in [0.5, 0.6) is 0 Å². The number of hydrogen-bond acceptors (Lipinski definition) is 4. The molecule has 118 valence electrons. The fourth-order valence-corrected chi connectivity index (χ4v) is 2.81. The Morgan fingerprint density at radius 1 is 1.52 bits per heavy atom. The van der Waals surface area contributed by atoms with E-state index in [1.165, 1.54) is 0 Å². The van der Waals surface area contributed by atoms with Crippen LogP contribution in [0.3, 0.4) is 0 Å². The molecule has 21 heavy (non-hydrogen) atoms. The first-order chi connectivity index (χ1) is 9.84. The molecule has 0 aliphatic carbocycles. The van der Waals surface area contributed by atoms with Crippen molar-refractivity contribution in [3.63, 3.8) is 0 Å². The maximum Gasteiger partial charge on any atom is 0.290 e. The van der Waals surface area contributed by atoms with E-state index in [0.29, 0.717) is 25.5 Å². The van der Waals surface area contributed by atoms with Crippen molar-refractivity contribution in [2.24, 2.45) is 0 Å². The number of nitrogens with zero attached hydrogens (tertiary/aromatic N) is 1. The van der Waals surface area contributed by atoms with Crippen LogP contribution in [-0.2, 0) is 9.47 Å². The van der Waals surface area contributed by atoms with Gasteiger partial charge in [-0.15, -0.1) is 0 Å². The lowest BCUT2D eigenvalue weighted by molar-refractivity contribution is -0.143. The molecule has 0 bridgehead atoms. The molecule has 0 saturated carbocycles. The lowest BCUT2D eigenvalue weighted by atomic mass is 10.0. The van der Waals surface area contributed by atoms with Crippen LogP contribution in [0.1, 0.15) is 49.7 Å². The van der Waals surface area contributed by atoms with Crippen molar-refractivity contribution < 1.29 is 18.7 Å². The fraction of sp³-hybridized carbons (Fsp3) is 0.688. The zero-order chi connectivity index (χ0) is 15.6. The van der Waals surface area contributed by atoms with Crippen LogP contribution < -0.4 is 0 Å². The van der Waals surface area contributed by atoms with Crippen LogP contribution >= 0.6 is 0 Å². The number of hydrogen-bond donors (Lipinski definition) is 0. The highest BCUT2D eigenvalue weighted by Crippen LogP contribution is 2.26. The van der Waals surface area contributed by atoms with Crippen LogP contribution in [0.4, 0.5) is 0 Å². The second-order valence-corrected chi connectivity index (χ2v) is 6.50. The van der Waals surface area contributed by atoms with Gasteiger partial charge in [0.05, 0.1) is 24.6 Å². The molecule has 1 saturated heterocycles. The van der Waals surface area contributed by atoms with Crippen molar-refractivity contribution in [3.8, 4) is 0 Å². The minimum Gasteiger partial charge on any atom is -0.459 e. The van der Waals surface area contributed by atoms with E-state index in [0.717, 1.165) is 5.56 Å². The number of morpholine rings is 1. The molecule has 5 heteroatoms. The zero-order valence-corrected chi connectivity index (χ0v) is 13.5. The second-order valence-electron chi connectivity index (χ2n) is 6.50. The van der Waals surface area contributed by atoms with E-state index < -0.39 is 0 Å². The summed E-state index contributed by atoms with van der Waals surface area (Å²) in [6.45, 7) is 9.62. The van der Waals surface area contributed by atoms with E-state index in [1.54, 1.807) is 18.3 Å². The Balaban J connectivity index is 2.19. The van der Waals surface area contributed by atoms with Gasteiger partial charge in [-0.2, -0.15) is 0 Å². The molecule has 0 radical (unpaired) electrons. The predicted octanol–water partition coefficient (Wildman–Crippen LogP) is 2.67. The molecule has 1 aromatic heterocycles. The number of carbonyl (C=O) groups excluding carboxylic acids is 1. The Morgan fingerprint density at radius 2 is 2.24 bits per heavy atom. The summed E-state index contributed by atoms with van der Waals surface area (Å²) in [5.41, 5.74) is 0.564. The monoisotopic (exact) mass is 295 g/mol. The Labute approximate surface area is 126 Å². The summed E-state index contributed by atoms with van der Waals surface area (Å²) in [7, 11) is 1.64. The van der Waals surface area contributed by atoms with Crippen LogP contribution in [0.15, 0.2) is 16.7 Å². The molecule has 5 nitrogen and oxygen atoms in total. The molecule has 1 amide bonds. The van der Waals surface area contributed by atoms with Gasteiger partial charge in [0.1, 0.15) is 0 Å². The average molecular weight is 295 g/mol. The first kappa shape index (κ1) is 16.0. The molecule has 0 N–H and O–H groups in total. The maximum absolute atomic E-state index is 12.8. The Hall–Kier alpha value is -1.33. The van der Waals surface area contributed by atoms with Crippen molar-refractivity contribution in [1.29, 1.82) is 0 Å². The quantitative estimate of drug-likeness (QED) is 0.857. The van der Waals surface area contributed by atoms with E-state index in [9.17, 15) is 4.79 Å². The van der Waals surface area contributed by atoms with Gasteiger partial charge in [0.25, 0.3) is 5.91 Å². The minimum absolute atomic E-state index is 0.0684. The topological polar surface area (TPSA) is 51.9 Å². The summed E-state index contributed by atoms with van der Waals surface area (Å²) >= 11 is 0. The van der Waals surface area contributed by atoms with E-state index in [-0.39, 0.29) is 23.5 Å². The van der Waals surface area contributed by atoms with Crippen LogP contribution in [-0.4, -0.2) is 49.3 Å². The normalized spacial score (nSPS) is 21.8. The summed E-state index contributed by atoms with van der Waals surface area (Å²) in [4.78, 5) is 14.6. The highest BCUT2D eigenvalue weighted by atomic mass is 16.5. The van der Waals surface area contributed by atoms with E-state index in [2.05, 4.69) is 13.8 Å². The third kappa shape index (κ3) is 3.66. The zero-order valence-electron chi connectivity index (χ0n) is 13.5. The van der Waals surface area contributed by atoms with Gasteiger partial charge >= 0.3 is 0 Å². The predicted molar refractivity (Wildman–Crippen MR) is 79.5 cm³/mol. The van der Waals surface area contributed by atoms with Crippen LogP contribution in [0, 0.1) is 0 Å². The third-order valence-electron chi connectivity index (χ3n) is 3.63. The number of furan rings is 1. The number of carbonyl (C=O) groups is 1. The summed E-state index contributed by atoms with van der Waals surface area (Å²) in [6.07, 6.45) is 1.47. The average Bonchev–Trinajstić information content (AvgIpc) is 2.85. The smallest absolute Gasteiger partial charge is 0.290 e. The van der Waals surface area contributed by atoms with Gasteiger partial charge in [-0.25, -0.2) is 0 Å². The van der Waals surface area contributed by atoms with E-state index >= 15 is 0 Å². The van der Waals surface area contributed by atoms with Gasteiger partial charge in [-0.3, -0.25) is 4.79 Å². The van der Waals surface area contributed by atoms with Crippen molar-refractivity contribution in [1.82, 2.24) is 4.90 Å². The first-order valence-corrected chi connectivity index (χ1v) is 7.37. The largest absolute Gasteiger partial charge is 0.459 e. The minimum atomic E-state index is -0.387. The molecular weight excluding hydrogens is 270 g/mol. The van der Waals surface area contributed by atoms with Gasteiger partial charge in [0.2, 0.25) is 0 Å². The molecule has 1 aromatic rings. The molecule has 2 rings (SSSR count). The van der Waals surface area contributed by atoms with Gasteiger partial charge in [-0.05, 0) is 25.8 Å². The number of methoxy groups -OCH3 is 1. The lowest BCUT2D eigenvalue weighted by Crippen LogP contribution is -2.55. The third-order valence-corrected chi connectivity index (χ3v) is 3.63. The van der Waals surface area contributed by atoms with Gasteiger partial charge in [0, 0.05) is 25.8 Å². The number of amides is 1. The summed E-state index contributed by atoms with van der Waals surface area (Å²) < 4.78 is 16.6. The Bertz CT molecular complexity index is 492. The van der Waals surface area contributed by atoms with Gasteiger partial charge in [0.15, 0.2) is 5.76 Å². The SMILES string of the molecule is COC[C@@H]1CN(C(=O)c2occc2C(C)C)CC(C)(C)O1. The van der Waals surface area contributed by atoms with Crippen molar-refractivity contribution in [2.75, 3.05) is 26.8 Å². The standard InChI is InChI=1S/C16H25NO4/c1-11(2)13-6-7-20-14(13)15(18)17-8-12(9-19-5)21-16(3,4)10-17/h6-7,11-12H,8-10H2,1-5H3/t12-/m0/s1. The van der Waals surface area contributed by atoms with Crippen molar-refractivity contribution >= 4 is 5.91 Å². The summed E-state index contributed by atoms with van der Waals surface area (Å²) in [5, 5.41) is 0. The maximum atomic E-state index is 12.8. The van der Waals surface area contributed by atoms with Crippen LogP contribution in [0.2, 0.25) is 0 Å².